The van der Waals surface area contributed by atoms with Gasteiger partial charge < -0.3 is 21.1 Å². The minimum atomic E-state index is -5.19. The maximum absolute atomic E-state index is 12.5. The van der Waals surface area contributed by atoms with Gasteiger partial charge in [-0.3, -0.25) is 18.5 Å². The molecular formula is C40H37N9Na3O11S3. The smallest absolute Gasteiger partial charge is 0.296 e. The Morgan fingerprint density at radius 2 is 1.05 bits per heavy atom. The van der Waals surface area contributed by atoms with Gasteiger partial charge in [0.1, 0.15) is 26.9 Å². The van der Waals surface area contributed by atoms with Crippen LogP contribution in [0, 0.1) is 0 Å². The average molecular weight is 985 g/mol. The molecule has 0 saturated heterocycles. The molecule has 0 spiro atoms. The van der Waals surface area contributed by atoms with E-state index in [1.165, 1.54) is 6.92 Å². The summed E-state index contributed by atoms with van der Waals surface area (Å²) in [6.07, 6.45) is 0. The second-order valence-corrected chi connectivity index (χ2v) is 17.7. The van der Waals surface area contributed by atoms with E-state index in [9.17, 15) is 48.8 Å². The van der Waals surface area contributed by atoms with Crippen LogP contribution < -0.4 is 16.0 Å². The summed E-state index contributed by atoms with van der Waals surface area (Å²) in [7, 11) is -14.9. The summed E-state index contributed by atoms with van der Waals surface area (Å²) in [5, 5.41) is 37.6. The number of nitrogens with zero attached hydrogens (tertiary/aromatic N) is 7. The van der Waals surface area contributed by atoms with Crippen molar-refractivity contribution in [2.24, 2.45) is 30.7 Å². The molecule has 329 valence electrons. The maximum Gasteiger partial charge on any atom is 0.296 e. The van der Waals surface area contributed by atoms with Gasteiger partial charge in [0.05, 0.1) is 38.7 Å². The predicted molar refractivity (Wildman–Crippen MR) is 252 cm³/mol. The number of aromatic hydroxyl groups is 1. The van der Waals surface area contributed by atoms with Gasteiger partial charge in [-0.25, -0.2) is 0 Å². The summed E-state index contributed by atoms with van der Waals surface area (Å²) < 4.78 is 102. The first kappa shape index (κ1) is 56.3. The van der Waals surface area contributed by atoms with Crippen LogP contribution in [0.4, 0.5) is 51.2 Å². The first-order chi connectivity index (χ1) is 29.7. The summed E-state index contributed by atoms with van der Waals surface area (Å²) in [5.41, 5.74) is 8.37. The fourth-order valence-corrected chi connectivity index (χ4v) is 8.05. The van der Waals surface area contributed by atoms with Crippen molar-refractivity contribution in [1.82, 2.24) is 0 Å². The Balaban J connectivity index is 0.00000385. The van der Waals surface area contributed by atoms with E-state index < -0.39 is 73.2 Å². The third-order valence-electron chi connectivity index (χ3n) is 9.30. The van der Waals surface area contributed by atoms with Crippen molar-refractivity contribution in [2.45, 2.75) is 35.5 Å². The number of nitrogens with two attached hydrogens (primary N) is 1. The number of benzene rings is 6. The van der Waals surface area contributed by atoms with Crippen molar-refractivity contribution in [3.63, 3.8) is 0 Å². The van der Waals surface area contributed by atoms with Crippen LogP contribution in [0.1, 0.15) is 20.8 Å². The van der Waals surface area contributed by atoms with E-state index in [0.717, 1.165) is 66.3 Å². The predicted octanol–water partition coefficient (Wildman–Crippen LogP) is 8.44. The second kappa shape index (κ2) is 23.3. The zero-order valence-corrected chi connectivity index (χ0v) is 44.8. The summed E-state index contributed by atoms with van der Waals surface area (Å²) in [6, 6.07) is 24.8. The zero-order valence-electron chi connectivity index (χ0n) is 36.3. The number of hydrogen-bond acceptors (Lipinski definition) is 16. The third kappa shape index (κ3) is 13.6. The van der Waals surface area contributed by atoms with E-state index >= 15 is 0 Å². The number of rotatable bonds is 14. The van der Waals surface area contributed by atoms with Crippen LogP contribution in [0.25, 0.3) is 21.9 Å². The number of fused-ring (bicyclic) bond motifs is 1. The molecule has 0 aromatic heterocycles. The van der Waals surface area contributed by atoms with E-state index in [1.54, 1.807) is 42.5 Å². The van der Waals surface area contributed by atoms with Crippen molar-refractivity contribution < 1.29 is 48.8 Å². The van der Waals surface area contributed by atoms with Crippen molar-refractivity contribution in [1.29, 1.82) is 0 Å². The van der Waals surface area contributed by atoms with Gasteiger partial charge in [-0.2, -0.15) is 40.6 Å². The molecule has 6 aromatic carbocycles. The molecule has 0 aliphatic heterocycles. The van der Waals surface area contributed by atoms with E-state index in [-0.39, 0.29) is 111 Å². The van der Waals surface area contributed by atoms with Gasteiger partial charge in [-0.15, -0.1) is 15.3 Å². The molecule has 3 radical (unpaired) electrons. The molecule has 0 saturated carbocycles. The van der Waals surface area contributed by atoms with E-state index in [0.29, 0.717) is 17.1 Å². The summed E-state index contributed by atoms with van der Waals surface area (Å²) in [6.45, 7) is 7.07. The second-order valence-electron chi connectivity index (χ2n) is 13.5. The molecule has 0 aliphatic rings. The topological polar surface area (TPSA) is 316 Å². The average Bonchev–Trinajstić information content (AvgIpc) is 3.22. The number of azo groups is 3. The summed E-state index contributed by atoms with van der Waals surface area (Å²) >= 11 is 0. The first-order valence-electron chi connectivity index (χ1n) is 18.4. The Kier molecular flexibility index (Phi) is 19.9. The molecule has 0 atom stereocenters. The number of phenols is 1. The van der Waals surface area contributed by atoms with Gasteiger partial charge in [0.2, 0.25) is 5.91 Å². The van der Waals surface area contributed by atoms with Crippen LogP contribution in [0.2, 0.25) is 0 Å². The Morgan fingerprint density at radius 3 is 1.48 bits per heavy atom. The molecule has 0 unspecified atom stereocenters. The zero-order chi connectivity index (χ0) is 45.9. The van der Waals surface area contributed by atoms with Gasteiger partial charge in [0, 0.05) is 114 Å². The molecule has 6 aromatic rings. The number of carbonyl (C=O) groups is 1. The molecule has 0 heterocycles. The Bertz CT molecular complexity index is 3200. The molecule has 0 bridgehead atoms. The molecular weight excluding hydrogens is 948 g/mol. The minimum Gasteiger partial charge on any atom is -0.505 e. The van der Waals surface area contributed by atoms with Gasteiger partial charge in [0.15, 0.2) is 5.75 Å². The Labute approximate surface area is 446 Å². The van der Waals surface area contributed by atoms with Gasteiger partial charge >= 0.3 is 0 Å². The van der Waals surface area contributed by atoms with Gasteiger partial charge in [-0.05, 0) is 109 Å². The van der Waals surface area contributed by atoms with Gasteiger partial charge in [-0.1, -0.05) is 24.3 Å². The number of nitrogens with one attached hydrogen (secondary N) is 1. The minimum absolute atomic E-state index is 0. The van der Waals surface area contributed by atoms with Gasteiger partial charge in [0.25, 0.3) is 30.4 Å². The van der Waals surface area contributed by atoms with E-state index in [1.807, 2.05) is 38.1 Å². The number of phenolic OH excluding ortho intramolecular Hbond substituents is 1. The molecule has 66 heavy (non-hydrogen) atoms. The van der Waals surface area contributed by atoms with E-state index in [4.69, 9.17) is 5.73 Å². The van der Waals surface area contributed by atoms with Crippen LogP contribution >= 0.6 is 0 Å². The summed E-state index contributed by atoms with van der Waals surface area (Å²) in [4.78, 5) is 11.6. The van der Waals surface area contributed by atoms with Crippen LogP contribution in [0.5, 0.6) is 5.75 Å². The standard InChI is InChI=1S/C40H37N9O11S3.3Na/c1-4-49(5-2)30-16-19-32(33(22-30)42-23(3)50)46-43-27-10-6-24(7-11-27)25-8-12-28(13-9-25)44-47-38-34(62(55,56)57)20-26-21-35(63(58,59)60)39(40(51)36(26)37(38)41)48-45-29-14-17-31(18-15-29)61(52,53)54;;;/h6-22,51H,4-5,41H2,1-3H3,(H,42,50)(H,52,53,54)(H,55,56,57)(H,58,59,60);;;. The van der Waals surface area contributed by atoms with Crippen LogP contribution in [0.3, 0.4) is 0 Å². The van der Waals surface area contributed by atoms with Crippen LogP contribution in [0.15, 0.2) is 149 Å². The molecule has 1 amide bonds. The molecule has 7 N–H and O–H groups in total. The fourth-order valence-electron chi connectivity index (χ4n) is 6.24. The normalized spacial score (nSPS) is 11.9. The number of anilines is 3. The Hall–Kier alpha value is -4.02. The monoisotopic (exact) mass is 984 g/mol. The largest absolute Gasteiger partial charge is 0.505 e. The van der Waals surface area contributed by atoms with Crippen LogP contribution in [-0.4, -0.2) is 152 Å². The van der Waals surface area contributed by atoms with E-state index in [2.05, 4.69) is 40.9 Å². The first-order valence-corrected chi connectivity index (χ1v) is 22.8. The number of amides is 1. The molecule has 0 aliphatic carbocycles. The Morgan fingerprint density at radius 1 is 0.606 bits per heavy atom. The third-order valence-corrected chi connectivity index (χ3v) is 11.9. The van der Waals surface area contributed by atoms with Crippen molar-refractivity contribution in [2.75, 3.05) is 29.0 Å². The van der Waals surface area contributed by atoms with Crippen LogP contribution in [-0.2, 0) is 35.1 Å². The quantitative estimate of drug-likeness (QED) is 0.0259. The van der Waals surface area contributed by atoms with Crippen molar-refractivity contribution in [3.05, 3.63) is 103 Å². The van der Waals surface area contributed by atoms with Crippen molar-refractivity contribution in [3.8, 4) is 16.9 Å². The molecule has 20 nitrogen and oxygen atoms in total. The fraction of sp³-hybridized carbons (Fsp3) is 0.125. The van der Waals surface area contributed by atoms with Crippen molar-refractivity contribution >= 4 is 187 Å². The number of hydrogen-bond donors (Lipinski definition) is 6. The number of nitrogen functional groups attached to an aromatic ring is 1. The maximum atomic E-state index is 12.5. The molecule has 0 fully saturated rings. The summed E-state index contributed by atoms with van der Waals surface area (Å²) in [5.74, 6) is -1.24. The molecule has 26 heteroatoms. The SMILES string of the molecule is CCN(CC)c1ccc(N=Nc2ccc(-c3ccc(N=Nc4c(S(=O)(=O)O)cc5cc(S(=O)(=O)O)c(N=Nc6ccc(S(=O)(=O)O)cc6)c(O)c5c4N)cc3)cc2)c(NC(C)=O)c1.[Na].[Na].[Na]. The molecule has 6 rings (SSSR count). The number of carbonyl (C=O) groups excluding carboxylic acids is 1.